The Morgan fingerprint density at radius 1 is 1.31 bits per heavy atom. The number of hydrogen-bond acceptors (Lipinski definition) is 4. The van der Waals surface area contributed by atoms with Crippen molar-refractivity contribution in [3.8, 4) is 0 Å². The van der Waals surface area contributed by atoms with E-state index in [-0.39, 0.29) is 15.6 Å². The van der Waals surface area contributed by atoms with E-state index in [0.717, 1.165) is 10.3 Å². The predicted molar refractivity (Wildman–Crippen MR) is 67.2 cm³/mol. The highest BCUT2D eigenvalue weighted by Gasteiger charge is 2.08. The maximum absolute atomic E-state index is 13.3. The van der Waals surface area contributed by atoms with Crippen molar-refractivity contribution in [2.24, 2.45) is 0 Å². The van der Waals surface area contributed by atoms with Crippen LogP contribution in [0.3, 0.4) is 0 Å². The van der Waals surface area contributed by atoms with Crippen molar-refractivity contribution in [1.82, 2.24) is 0 Å². The number of halogens is 2. The van der Waals surface area contributed by atoms with Gasteiger partial charge in [-0.25, -0.2) is 4.39 Å². The Kier molecular flexibility index (Phi) is 3.58. The molecule has 16 heavy (non-hydrogen) atoms. The summed E-state index contributed by atoms with van der Waals surface area (Å²) in [6.07, 6.45) is 0. The lowest BCUT2D eigenvalue weighted by atomic mass is 10.2. The van der Waals surface area contributed by atoms with E-state index in [1.807, 2.05) is 0 Å². The van der Waals surface area contributed by atoms with E-state index in [1.54, 1.807) is 18.2 Å². The van der Waals surface area contributed by atoms with Crippen LogP contribution in [0.2, 0.25) is 5.02 Å². The predicted octanol–water partition coefficient (Wildman–Crippen LogP) is 3.57. The lowest BCUT2D eigenvalue weighted by Crippen LogP contribution is -2.01. The van der Waals surface area contributed by atoms with Crippen molar-refractivity contribution in [3.05, 3.63) is 50.2 Å². The number of nitrogens with one attached hydrogen (secondary N) is 1. The molecule has 0 unspecified atom stereocenters. The molecule has 1 aromatic carbocycles. The molecular weight excluding hydrogens is 269 g/mol. The molecular formula is C10H7ClFNOS2. The summed E-state index contributed by atoms with van der Waals surface area (Å²) in [7, 11) is 2.33. The van der Waals surface area contributed by atoms with E-state index < -0.39 is 0 Å². The van der Waals surface area contributed by atoms with Crippen LogP contribution in [0.5, 0.6) is 0 Å². The lowest BCUT2D eigenvalue weighted by molar-refractivity contribution is 0.613. The summed E-state index contributed by atoms with van der Waals surface area (Å²) < 4.78 is 13.1. The zero-order chi connectivity index (χ0) is 11.5. The fraction of sp³-hybridized carbons (Fsp3) is 0.100. The van der Waals surface area contributed by atoms with Crippen LogP contribution >= 0.6 is 32.3 Å². The first-order valence-corrected chi connectivity index (χ1v) is 6.97. The molecule has 1 aromatic heterocycles. The zero-order valence-electron chi connectivity index (χ0n) is 8.00. The summed E-state index contributed by atoms with van der Waals surface area (Å²) in [6, 6.07) is 6.48. The van der Waals surface area contributed by atoms with E-state index in [0.29, 0.717) is 17.1 Å². The van der Waals surface area contributed by atoms with Gasteiger partial charge < -0.3 is 5.32 Å². The van der Waals surface area contributed by atoms with Crippen molar-refractivity contribution in [3.63, 3.8) is 0 Å². The third-order valence-corrected chi connectivity index (χ3v) is 4.72. The van der Waals surface area contributed by atoms with Crippen LogP contribution in [0.1, 0.15) is 5.56 Å². The van der Waals surface area contributed by atoms with Gasteiger partial charge in [0.2, 0.25) is 0 Å². The number of hydrogen-bond donors (Lipinski definition) is 1. The normalized spacial score (nSPS) is 10.4. The highest BCUT2D eigenvalue weighted by atomic mass is 35.5. The van der Waals surface area contributed by atoms with Crippen LogP contribution in [0.25, 0.3) is 0 Å². The van der Waals surface area contributed by atoms with E-state index in [2.05, 4.69) is 5.32 Å². The molecule has 0 saturated heterocycles. The molecule has 2 rings (SSSR count). The van der Waals surface area contributed by atoms with Crippen LogP contribution in [0.15, 0.2) is 29.1 Å². The molecule has 1 heterocycles. The van der Waals surface area contributed by atoms with Gasteiger partial charge in [0.1, 0.15) is 15.8 Å². The van der Waals surface area contributed by atoms with Crippen LogP contribution in [-0.4, -0.2) is 0 Å². The molecule has 0 saturated carbocycles. The largest absolute Gasteiger partial charge is 0.371 e. The third kappa shape index (κ3) is 2.42. The fourth-order valence-corrected chi connectivity index (χ4v) is 3.59. The molecule has 0 aliphatic carbocycles. The molecule has 2 nitrogen and oxygen atoms in total. The van der Waals surface area contributed by atoms with Crippen LogP contribution in [0.4, 0.5) is 9.39 Å². The third-order valence-electron chi connectivity index (χ3n) is 1.98. The van der Waals surface area contributed by atoms with Gasteiger partial charge in [-0.3, -0.25) is 4.79 Å². The van der Waals surface area contributed by atoms with E-state index in [4.69, 9.17) is 11.6 Å². The van der Waals surface area contributed by atoms with Crippen molar-refractivity contribution in [2.75, 3.05) is 5.32 Å². The molecule has 0 aliphatic rings. The van der Waals surface area contributed by atoms with Crippen molar-refractivity contribution < 1.29 is 4.39 Å². The molecule has 0 radical (unpaired) electrons. The Balaban J connectivity index is 2.11. The second-order valence-electron chi connectivity index (χ2n) is 3.04. The topological polar surface area (TPSA) is 29.1 Å². The van der Waals surface area contributed by atoms with Crippen LogP contribution < -0.4 is 10.1 Å². The van der Waals surface area contributed by atoms with Gasteiger partial charge in [-0.1, -0.05) is 40.1 Å². The van der Waals surface area contributed by atoms with Gasteiger partial charge in [-0.05, 0) is 16.4 Å². The van der Waals surface area contributed by atoms with Gasteiger partial charge in [-0.15, -0.1) is 0 Å². The van der Waals surface area contributed by atoms with Crippen molar-refractivity contribution in [1.29, 1.82) is 0 Å². The second kappa shape index (κ2) is 4.95. The average molecular weight is 276 g/mol. The molecule has 0 bridgehead atoms. The van der Waals surface area contributed by atoms with Crippen LogP contribution in [-0.2, 0) is 6.54 Å². The lowest BCUT2D eigenvalue weighted by Gasteiger charge is -2.04. The second-order valence-corrected chi connectivity index (χ2v) is 5.53. The standard InChI is InChI=1S/C10H7ClFNOS2/c11-8-9(15-16-10(8)14)13-5-6-3-1-2-4-7(6)12/h1-4,13H,5H2. The highest BCUT2D eigenvalue weighted by molar-refractivity contribution is 7.70. The fourth-order valence-electron chi connectivity index (χ4n) is 1.17. The number of benzene rings is 1. The molecule has 0 fully saturated rings. The van der Waals surface area contributed by atoms with Crippen LogP contribution in [0, 0.1) is 5.82 Å². The van der Waals surface area contributed by atoms with Gasteiger partial charge in [-0.2, -0.15) is 0 Å². The summed E-state index contributed by atoms with van der Waals surface area (Å²) in [4.78, 5) is 11.1. The Bertz CT molecular complexity index is 552. The molecule has 6 heteroatoms. The minimum atomic E-state index is -0.270. The summed E-state index contributed by atoms with van der Waals surface area (Å²) >= 11 is 5.77. The van der Waals surface area contributed by atoms with E-state index in [1.165, 1.54) is 16.4 Å². The first kappa shape index (κ1) is 11.6. The SMILES string of the molecule is O=c1ssc(NCc2ccccc2F)c1Cl. The number of anilines is 1. The first-order valence-electron chi connectivity index (χ1n) is 4.44. The molecule has 84 valence electrons. The smallest absolute Gasteiger partial charge is 0.263 e. The van der Waals surface area contributed by atoms with Crippen molar-refractivity contribution in [2.45, 2.75) is 6.54 Å². The maximum atomic E-state index is 13.3. The van der Waals surface area contributed by atoms with E-state index >= 15 is 0 Å². The van der Waals surface area contributed by atoms with Gasteiger partial charge in [0.25, 0.3) is 4.74 Å². The Labute approximate surface area is 104 Å². The van der Waals surface area contributed by atoms with Gasteiger partial charge in [0, 0.05) is 12.1 Å². The molecule has 2 aromatic rings. The van der Waals surface area contributed by atoms with Gasteiger partial charge in [0.15, 0.2) is 0 Å². The molecule has 0 atom stereocenters. The summed E-state index contributed by atoms with van der Waals surface area (Å²) in [5, 5.41) is 3.73. The maximum Gasteiger partial charge on any atom is 0.263 e. The monoisotopic (exact) mass is 275 g/mol. The molecule has 0 amide bonds. The molecule has 0 spiro atoms. The minimum Gasteiger partial charge on any atom is -0.371 e. The minimum absolute atomic E-state index is 0.164. The molecule has 0 aliphatic heterocycles. The number of rotatable bonds is 3. The van der Waals surface area contributed by atoms with Crippen molar-refractivity contribution >= 4 is 37.3 Å². The quantitative estimate of drug-likeness (QED) is 0.868. The van der Waals surface area contributed by atoms with Gasteiger partial charge >= 0.3 is 0 Å². The zero-order valence-corrected chi connectivity index (χ0v) is 10.4. The summed E-state index contributed by atoms with van der Waals surface area (Å²) in [6.45, 7) is 0.319. The van der Waals surface area contributed by atoms with Gasteiger partial charge in [0.05, 0.1) is 0 Å². The Morgan fingerprint density at radius 3 is 2.69 bits per heavy atom. The summed E-state index contributed by atoms with van der Waals surface area (Å²) in [5.74, 6) is -0.270. The Hall–Kier alpha value is -0.910. The Morgan fingerprint density at radius 2 is 2.06 bits per heavy atom. The first-order chi connectivity index (χ1) is 7.68. The molecule has 1 N–H and O–H groups in total. The summed E-state index contributed by atoms with van der Waals surface area (Å²) in [5.41, 5.74) is 0.546. The average Bonchev–Trinajstić information content (AvgIpc) is 2.59. The van der Waals surface area contributed by atoms with E-state index in [9.17, 15) is 9.18 Å². The highest BCUT2D eigenvalue weighted by Crippen LogP contribution is 2.27.